The molecule has 0 spiro atoms. The number of ether oxygens (including phenoxy) is 2. The molecule has 6 aliphatic rings. The number of fused-ring (bicyclic) bond motifs is 4. The maximum Gasteiger partial charge on any atom is 0.408 e. The molecule has 1 aromatic heterocycles. The van der Waals surface area contributed by atoms with Crippen LogP contribution in [0, 0.1) is 29.6 Å². The molecule has 1 aromatic carbocycles. The van der Waals surface area contributed by atoms with Gasteiger partial charge in [-0.05, 0) is 100 Å². The molecule has 4 amide bonds. The van der Waals surface area contributed by atoms with E-state index in [0.29, 0.717) is 78.6 Å². The van der Waals surface area contributed by atoms with Gasteiger partial charge in [-0.2, -0.15) is 4.98 Å². The van der Waals surface area contributed by atoms with E-state index in [4.69, 9.17) is 21.1 Å². The van der Waals surface area contributed by atoms with Gasteiger partial charge >= 0.3 is 6.09 Å². The first-order chi connectivity index (χ1) is 27.7. The predicted molar refractivity (Wildman–Crippen MR) is 216 cm³/mol. The molecule has 58 heavy (non-hydrogen) atoms. The molecule has 4 aliphatic carbocycles. The van der Waals surface area contributed by atoms with Crippen LogP contribution in [0.5, 0.6) is 11.8 Å². The Kier molecular flexibility index (Phi) is 11.1. The fourth-order valence-corrected chi connectivity index (χ4v) is 11.4. The predicted octanol–water partition coefficient (Wildman–Crippen LogP) is 5.67. The number of allylic oxidation sites excluding steroid dienone is 1. The van der Waals surface area contributed by atoms with Crippen molar-refractivity contribution in [2.45, 2.75) is 126 Å². The van der Waals surface area contributed by atoms with Gasteiger partial charge in [0.2, 0.25) is 33.6 Å². The Labute approximate surface area is 344 Å². The van der Waals surface area contributed by atoms with Gasteiger partial charge in [-0.1, -0.05) is 50.6 Å². The number of hydrogen-bond donors (Lipinski definition) is 3. The van der Waals surface area contributed by atoms with E-state index in [1.807, 2.05) is 32.1 Å². The molecule has 3 heterocycles. The van der Waals surface area contributed by atoms with Crippen molar-refractivity contribution in [1.82, 2.24) is 24.8 Å². The van der Waals surface area contributed by atoms with Crippen LogP contribution in [-0.2, 0) is 24.4 Å². The van der Waals surface area contributed by atoms with E-state index >= 15 is 4.79 Å². The first-order valence-electron chi connectivity index (χ1n) is 20.9. The molecule has 2 aromatic rings. The summed E-state index contributed by atoms with van der Waals surface area (Å²) in [5.41, 5.74) is -1.54. The van der Waals surface area contributed by atoms with Gasteiger partial charge in [0.25, 0.3) is 5.91 Å². The molecule has 0 radical (unpaired) electrons. The lowest BCUT2D eigenvalue weighted by atomic mass is 9.86. The Morgan fingerprint density at radius 2 is 1.84 bits per heavy atom. The second-order valence-corrected chi connectivity index (χ2v) is 20.1. The highest BCUT2D eigenvalue weighted by Gasteiger charge is 2.62. The minimum atomic E-state index is -3.93. The Morgan fingerprint density at radius 3 is 2.55 bits per heavy atom. The van der Waals surface area contributed by atoms with Crippen LogP contribution in [0.2, 0.25) is 5.02 Å². The summed E-state index contributed by atoms with van der Waals surface area (Å²) in [4.78, 5) is 64.6. The molecule has 2 unspecified atom stereocenters. The minimum absolute atomic E-state index is 0.00190. The Hall–Kier alpha value is -4.11. The maximum absolute atomic E-state index is 15.3. The average Bonchev–Trinajstić information content (AvgIpc) is 4.14. The first-order valence-corrected chi connectivity index (χ1v) is 22.9. The number of nitrogens with zero attached hydrogens (tertiary/aromatic N) is 3. The molecular weight excluding hydrogens is 786 g/mol. The number of carboxylic acid groups (broad SMARTS) is 1. The number of pyridine rings is 1. The molecule has 16 heteroatoms. The molecule has 14 nitrogen and oxygen atoms in total. The zero-order valence-corrected chi connectivity index (χ0v) is 34.8. The number of sulfonamides is 1. The van der Waals surface area contributed by atoms with Crippen molar-refractivity contribution in [1.29, 1.82) is 0 Å². The number of amides is 4. The van der Waals surface area contributed by atoms with E-state index in [9.17, 15) is 27.9 Å². The van der Waals surface area contributed by atoms with Crippen LogP contribution in [0.1, 0.15) is 91.4 Å². The van der Waals surface area contributed by atoms with Crippen molar-refractivity contribution < 1.29 is 42.2 Å². The van der Waals surface area contributed by atoms with Crippen LogP contribution in [0.25, 0.3) is 10.8 Å². The normalized spacial score (nSPS) is 34.1. The molecule has 8 rings (SSSR count). The molecule has 3 N–H and O–H groups in total. The smallest absolute Gasteiger partial charge is 0.408 e. The topological polar surface area (TPSA) is 185 Å². The molecule has 10 atom stereocenters. The van der Waals surface area contributed by atoms with Gasteiger partial charge in [0.15, 0.2) is 0 Å². The zero-order chi connectivity index (χ0) is 41.1. The maximum atomic E-state index is 15.3. The summed E-state index contributed by atoms with van der Waals surface area (Å²) in [7, 11) is -3.93. The highest BCUT2D eigenvalue weighted by molar-refractivity contribution is 7.91. The van der Waals surface area contributed by atoms with Crippen LogP contribution in [0.15, 0.2) is 36.4 Å². The Morgan fingerprint density at radius 1 is 1.09 bits per heavy atom. The molecule has 0 bridgehead atoms. The SMILES string of the molecule is CCCOc1cc2c(Cl)cccc2c(O[C@@H]2C[C@H]3C(=O)N[C@]4(C(=O)NS(=O)(=O)C5CC5)C[C@H]4/C=C\CC[C@@H](C)C[C@@H](C)[C@H](N(C(=O)O)C4CC5C[C@H]5C4)C(=O)N3C2)n1. The van der Waals surface area contributed by atoms with Crippen molar-refractivity contribution in [2.24, 2.45) is 29.6 Å². The average molecular weight is 840 g/mol. The van der Waals surface area contributed by atoms with Crippen molar-refractivity contribution in [3.8, 4) is 11.8 Å². The van der Waals surface area contributed by atoms with Gasteiger partial charge in [0, 0.05) is 40.2 Å². The molecule has 314 valence electrons. The molecule has 4 saturated carbocycles. The number of halogens is 1. The molecule has 5 fully saturated rings. The van der Waals surface area contributed by atoms with Crippen molar-refractivity contribution in [3.63, 3.8) is 0 Å². The zero-order valence-electron chi connectivity index (χ0n) is 33.3. The van der Waals surface area contributed by atoms with Crippen LogP contribution >= 0.6 is 11.6 Å². The number of aromatic nitrogens is 1. The fraction of sp³-hybridized carbons (Fsp3) is 0.643. The quantitative estimate of drug-likeness (QED) is 0.252. The summed E-state index contributed by atoms with van der Waals surface area (Å²) < 4.78 is 40.7. The number of rotatable bonds is 10. The first kappa shape index (κ1) is 40.7. The summed E-state index contributed by atoms with van der Waals surface area (Å²) in [5.74, 6) is -1.24. The van der Waals surface area contributed by atoms with Crippen LogP contribution < -0.4 is 19.5 Å². The van der Waals surface area contributed by atoms with Gasteiger partial charge in [0.1, 0.15) is 23.7 Å². The molecular formula is C42H54ClN5O9S. The largest absolute Gasteiger partial charge is 0.478 e. The summed E-state index contributed by atoms with van der Waals surface area (Å²) in [5, 5.41) is 14.8. The second kappa shape index (κ2) is 15.8. The monoisotopic (exact) mass is 839 g/mol. The van der Waals surface area contributed by atoms with E-state index in [2.05, 4.69) is 21.9 Å². The van der Waals surface area contributed by atoms with Crippen LogP contribution in [0.4, 0.5) is 4.79 Å². The summed E-state index contributed by atoms with van der Waals surface area (Å²) in [6, 6.07) is 4.51. The van der Waals surface area contributed by atoms with Gasteiger partial charge in [-0.15, -0.1) is 0 Å². The van der Waals surface area contributed by atoms with Gasteiger partial charge < -0.3 is 24.8 Å². The number of carbonyl (C=O) groups excluding carboxylic acids is 3. The lowest BCUT2D eigenvalue weighted by molar-refractivity contribution is -0.145. The van der Waals surface area contributed by atoms with Crippen LogP contribution in [0.3, 0.4) is 0 Å². The fourth-order valence-electron chi connectivity index (χ4n) is 9.80. The molecule has 2 aliphatic heterocycles. The van der Waals surface area contributed by atoms with E-state index in [0.717, 1.165) is 19.3 Å². The van der Waals surface area contributed by atoms with Gasteiger partial charge in [0.05, 0.1) is 18.4 Å². The summed E-state index contributed by atoms with van der Waals surface area (Å²) in [6.07, 6.45) is 8.21. The van der Waals surface area contributed by atoms with Crippen molar-refractivity contribution in [3.05, 3.63) is 41.4 Å². The molecule has 1 saturated heterocycles. The number of hydrogen-bond acceptors (Lipinski definition) is 9. The van der Waals surface area contributed by atoms with E-state index in [-0.39, 0.29) is 43.1 Å². The Balaban J connectivity index is 1.16. The Bertz CT molecular complexity index is 2100. The van der Waals surface area contributed by atoms with Crippen LogP contribution in [-0.4, -0.2) is 100 Å². The minimum Gasteiger partial charge on any atom is -0.478 e. The lowest BCUT2D eigenvalue weighted by Crippen LogP contribution is -2.61. The third-order valence-electron chi connectivity index (χ3n) is 13.2. The number of nitrogens with one attached hydrogen (secondary N) is 2. The standard InChI is InChI=1S/C42H54ClN5O9S/c1-4-14-56-35-20-32-31(10-7-11-33(32)43)38(44-35)57-29-19-34-37(49)45-42(40(51)46-58(54,55)30-12-13-30)21-27(42)9-6-5-8-23(2)15-24(3)36(39(50)47(34)22-29)48(41(52)53)28-17-25-16-26(25)18-28/h6-7,9-11,20,23-30,34,36H,4-5,8,12-19,21-22H2,1-3H3,(H,45,49)(H,46,51)(H,52,53)/b9-6-/t23-,24-,25+,26?,27-,28?,29-,34+,36+,42-/m1/s1. The van der Waals surface area contributed by atoms with E-state index in [1.165, 1.54) is 9.80 Å². The second-order valence-electron chi connectivity index (χ2n) is 17.7. The third-order valence-corrected chi connectivity index (χ3v) is 15.3. The number of carbonyl (C=O) groups is 4. The van der Waals surface area contributed by atoms with Crippen molar-refractivity contribution >= 4 is 56.2 Å². The van der Waals surface area contributed by atoms with E-state index < -0.39 is 68.7 Å². The van der Waals surface area contributed by atoms with E-state index in [1.54, 1.807) is 18.2 Å². The lowest BCUT2D eigenvalue weighted by Gasteiger charge is -2.40. The van der Waals surface area contributed by atoms with Gasteiger partial charge in [-0.25, -0.2) is 13.2 Å². The third kappa shape index (κ3) is 8.09. The highest BCUT2D eigenvalue weighted by atomic mass is 35.5. The van der Waals surface area contributed by atoms with Crippen molar-refractivity contribution in [2.75, 3.05) is 13.2 Å². The number of benzene rings is 1. The summed E-state index contributed by atoms with van der Waals surface area (Å²) in [6.45, 7) is 6.33. The summed E-state index contributed by atoms with van der Waals surface area (Å²) >= 11 is 6.62. The highest BCUT2D eigenvalue weighted by Crippen LogP contribution is 2.54. The van der Waals surface area contributed by atoms with Gasteiger partial charge in [-0.3, -0.25) is 24.0 Å².